The zero-order valence-corrected chi connectivity index (χ0v) is 8.63. The van der Waals surface area contributed by atoms with E-state index in [0.717, 1.165) is 0 Å². The van der Waals surface area contributed by atoms with E-state index in [1.807, 2.05) is 0 Å². The Morgan fingerprint density at radius 1 is 1.44 bits per heavy atom. The smallest absolute Gasteiger partial charge is 0.308 e. The molecule has 0 saturated heterocycles. The summed E-state index contributed by atoms with van der Waals surface area (Å²) < 4.78 is 31.4. The molecule has 2 rings (SSSR count). The van der Waals surface area contributed by atoms with E-state index in [2.05, 4.69) is 14.7 Å². The lowest BCUT2D eigenvalue weighted by Crippen LogP contribution is -1.97. The summed E-state index contributed by atoms with van der Waals surface area (Å²) in [6.45, 7) is -0.553. The zero-order chi connectivity index (χ0) is 13.3. The van der Waals surface area contributed by atoms with E-state index < -0.39 is 40.3 Å². The van der Waals surface area contributed by atoms with Crippen molar-refractivity contribution in [3.8, 4) is 11.5 Å². The summed E-state index contributed by atoms with van der Waals surface area (Å²) >= 11 is 0. The molecule has 1 aromatic heterocycles. The fraction of sp³-hybridized carbons (Fsp3) is 0.111. The summed E-state index contributed by atoms with van der Waals surface area (Å²) in [4.78, 5) is 13.0. The maximum Gasteiger partial charge on any atom is 0.308 e. The number of rotatable bonds is 3. The van der Waals surface area contributed by atoms with Crippen LogP contribution in [0.25, 0.3) is 11.5 Å². The van der Waals surface area contributed by atoms with E-state index in [1.165, 1.54) is 0 Å². The van der Waals surface area contributed by atoms with Gasteiger partial charge in [-0.3, -0.25) is 10.1 Å². The fourth-order valence-electron chi connectivity index (χ4n) is 1.29. The highest BCUT2D eigenvalue weighted by Gasteiger charge is 2.24. The number of aliphatic hydroxyl groups is 1. The molecule has 0 amide bonds. The third kappa shape index (κ3) is 2.02. The third-order valence-corrected chi connectivity index (χ3v) is 2.05. The van der Waals surface area contributed by atoms with Gasteiger partial charge in [0.05, 0.1) is 16.6 Å². The molecule has 0 aliphatic heterocycles. The van der Waals surface area contributed by atoms with Crippen molar-refractivity contribution in [3.63, 3.8) is 0 Å². The summed E-state index contributed by atoms with van der Waals surface area (Å²) in [6.07, 6.45) is 0. The van der Waals surface area contributed by atoms with Gasteiger partial charge in [-0.25, -0.2) is 4.39 Å². The van der Waals surface area contributed by atoms with Crippen molar-refractivity contribution in [2.75, 3.05) is 0 Å². The average Bonchev–Trinajstić information content (AvgIpc) is 2.79. The number of nitrogens with zero attached hydrogens (tertiary/aromatic N) is 3. The molecule has 9 heteroatoms. The van der Waals surface area contributed by atoms with Crippen molar-refractivity contribution >= 4 is 5.69 Å². The van der Waals surface area contributed by atoms with Gasteiger partial charge in [-0.2, -0.15) is 9.37 Å². The first-order valence-corrected chi connectivity index (χ1v) is 4.60. The van der Waals surface area contributed by atoms with Gasteiger partial charge in [-0.05, 0) is 6.07 Å². The van der Waals surface area contributed by atoms with Crippen LogP contribution >= 0.6 is 0 Å². The van der Waals surface area contributed by atoms with Crippen LogP contribution in [-0.4, -0.2) is 20.2 Å². The van der Waals surface area contributed by atoms with E-state index in [9.17, 15) is 18.9 Å². The van der Waals surface area contributed by atoms with Crippen LogP contribution in [0, 0.1) is 21.7 Å². The molecule has 0 bridgehead atoms. The van der Waals surface area contributed by atoms with Gasteiger partial charge in [0.15, 0.2) is 5.82 Å². The number of nitro benzene ring substituents is 1. The van der Waals surface area contributed by atoms with E-state index in [-0.39, 0.29) is 5.82 Å². The van der Waals surface area contributed by atoms with Crippen molar-refractivity contribution in [2.45, 2.75) is 6.61 Å². The summed E-state index contributed by atoms with van der Waals surface area (Å²) in [5, 5.41) is 22.5. The summed E-state index contributed by atoms with van der Waals surface area (Å²) in [5.41, 5.74) is -1.57. The Morgan fingerprint density at radius 2 is 2.17 bits per heavy atom. The molecule has 1 heterocycles. The molecule has 0 radical (unpaired) electrons. The highest BCUT2D eigenvalue weighted by atomic mass is 19.1. The third-order valence-electron chi connectivity index (χ3n) is 2.05. The monoisotopic (exact) mass is 257 g/mol. The van der Waals surface area contributed by atoms with Crippen molar-refractivity contribution in [1.29, 1.82) is 0 Å². The molecule has 0 spiro atoms. The molecule has 0 aliphatic carbocycles. The lowest BCUT2D eigenvalue weighted by molar-refractivity contribution is -0.387. The Bertz CT molecular complexity index is 614. The van der Waals surface area contributed by atoms with Crippen LogP contribution in [0.5, 0.6) is 0 Å². The molecule has 7 nitrogen and oxygen atoms in total. The van der Waals surface area contributed by atoms with Gasteiger partial charge in [0, 0.05) is 0 Å². The number of halogens is 2. The van der Waals surface area contributed by atoms with Gasteiger partial charge >= 0.3 is 5.69 Å². The van der Waals surface area contributed by atoms with Gasteiger partial charge in [0.1, 0.15) is 12.4 Å². The van der Waals surface area contributed by atoms with Gasteiger partial charge < -0.3 is 9.63 Å². The Kier molecular flexibility index (Phi) is 2.98. The van der Waals surface area contributed by atoms with Crippen LogP contribution < -0.4 is 0 Å². The molecule has 0 fully saturated rings. The Labute approximate surface area is 97.8 Å². The molecule has 18 heavy (non-hydrogen) atoms. The van der Waals surface area contributed by atoms with E-state index in [0.29, 0.717) is 12.1 Å². The van der Waals surface area contributed by atoms with Crippen LogP contribution in [-0.2, 0) is 6.61 Å². The Balaban J connectivity index is 2.60. The minimum absolute atomic E-state index is 0.142. The SMILES string of the molecule is O=[N+]([O-])c1cc(F)cc(-c2nc(CO)no2)c1F. The summed E-state index contributed by atoms with van der Waals surface area (Å²) in [5.74, 6) is -2.88. The molecule has 1 N–H and O–H groups in total. The number of benzene rings is 1. The number of nitro groups is 1. The lowest BCUT2D eigenvalue weighted by atomic mass is 10.1. The lowest BCUT2D eigenvalue weighted by Gasteiger charge is -1.99. The minimum Gasteiger partial charge on any atom is -0.388 e. The highest BCUT2D eigenvalue weighted by molar-refractivity contribution is 5.59. The van der Waals surface area contributed by atoms with Gasteiger partial charge in [-0.15, -0.1) is 0 Å². The van der Waals surface area contributed by atoms with Gasteiger partial charge in [-0.1, -0.05) is 5.16 Å². The molecule has 0 aliphatic rings. The van der Waals surface area contributed by atoms with Crippen molar-refractivity contribution in [1.82, 2.24) is 10.1 Å². The molecule has 94 valence electrons. The first-order chi connectivity index (χ1) is 8.52. The van der Waals surface area contributed by atoms with Crippen LogP contribution in [0.3, 0.4) is 0 Å². The summed E-state index contributed by atoms with van der Waals surface area (Å²) in [6, 6.07) is 1.14. The predicted molar refractivity (Wildman–Crippen MR) is 52.2 cm³/mol. The summed E-state index contributed by atoms with van der Waals surface area (Å²) in [7, 11) is 0. The fourth-order valence-corrected chi connectivity index (χ4v) is 1.29. The zero-order valence-electron chi connectivity index (χ0n) is 8.63. The maximum absolute atomic E-state index is 13.7. The topological polar surface area (TPSA) is 102 Å². The number of hydrogen-bond donors (Lipinski definition) is 1. The first kappa shape index (κ1) is 12.0. The first-order valence-electron chi connectivity index (χ1n) is 4.60. The second-order valence-electron chi connectivity index (χ2n) is 3.22. The second kappa shape index (κ2) is 4.45. The predicted octanol–water partition coefficient (Wildman–Crippen LogP) is 1.42. The van der Waals surface area contributed by atoms with E-state index in [1.54, 1.807) is 0 Å². The van der Waals surface area contributed by atoms with E-state index in [4.69, 9.17) is 5.11 Å². The highest BCUT2D eigenvalue weighted by Crippen LogP contribution is 2.29. The molecule has 0 saturated carbocycles. The maximum atomic E-state index is 13.7. The van der Waals surface area contributed by atoms with Crippen molar-refractivity contribution in [3.05, 3.63) is 39.7 Å². The molecular weight excluding hydrogens is 252 g/mol. The van der Waals surface area contributed by atoms with Gasteiger partial charge in [0.25, 0.3) is 5.89 Å². The molecular formula is C9H5F2N3O4. The van der Waals surface area contributed by atoms with Crippen molar-refractivity contribution < 1.29 is 23.3 Å². The molecule has 0 unspecified atom stereocenters. The molecule has 0 atom stereocenters. The Hall–Kier alpha value is -2.42. The van der Waals surface area contributed by atoms with Gasteiger partial charge in [0.2, 0.25) is 5.82 Å². The van der Waals surface area contributed by atoms with Crippen LogP contribution in [0.4, 0.5) is 14.5 Å². The Morgan fingerprint density at radius 3 is 2.72 bits per heavy atom. The second-order valence-corrected chi connectivity index (χ2v) is 3.22. The normalized spacial score (nSPS) is 10.6. The van der Waals surface area contributed by atoms with Crippen LogP contribution in [0.2, 0.25) is 0 Å². The van der Waals surface area contributed by atoms with E-state index >= 15 is 0 Å². The standard InChI is InChI=1S/C9H5F2N3O4/c10-4-1-5(8(11)6(2-4)14(16)17)9-12-7(3-15)13-18-9/h1-2,15H,3H2. The van der Waals surface area contributed by atoms with Crippen LogP contribution in [0.1, 0.15) is 5.82 Å². The quantitative estimate of drug-likeness (QED) is 0.658. The van der Waals surface area contributed by atoms with Crippen molar-refractivity contribution in [2.24, 2.45) is 0 Å². The molecule has 1 aromatic carbocycles. The average molecular weight is 257 g/mol. The van der Waals surface area contributed by atoms with Crippen LogP contribution in [0.15, 0.2) is 16.7 Å². The largest absolute Gasteiger partial charge is 0.388 e. The number of hydrogen-bond acceptors (Lipinski definition) is 6. The minimum atomic E-state index is -1.28. The molecule has 2 aromatic rings. The number of aliphatic hydroxyl groups excluding tert-OH is 1. The number of aromatic nitrogens is 2.